The van der Waals surface area contributed by atoms with Crippen molar-refractivity contribution >= 4 is 27.3 Å². The monoisotopic (exact) mass is 323 g/mol. The van der Waals surface area contributed by atoms with Crippen molar-refractivity contribution < 1.29 is 0 Å². The summed E-state index contributed by atoms with van der Waals surface area (Å²) in [7, 11) is 0. The van der Waals surface area contributed by atoms with Crippen LogP contribution in [0.1, 0.15) is 38.2 Å². The van der Waals surface area contributed by atoms with Gasteiger partial charge < -0.3 is 0 Å². The Morgan fingerprint density at radius 3 is 2.67 bits per heavy atom. The first-order valence-corrected chi connectivity index (χ1v) is 8.17. The molecular formula is C15H18BrNS. The van der Waals surface area contributed by atoms with Crippen LogP contribution in [0.4, 0.5) is 0 Å². The Bertz CT molecular complexity index is 475. The largest absolute Gasteiger partial charge is 0.256 e. The summed E-state index contributed by atoms with van der Waals surface area (Å²) in [6.07, 6.45) is 8.41. The maximum Gasteiger partial charge on any atom is 0.0792 e. The van der Waals surface area contributed by atoms with E-state index in [9.17, 15) is 0 Å². The lowest BCUT2D eigenvalue weighted by Gasteiger charge is -2.03. The minimum Gasteiger partial charge on any atom is -0.256 e. The highest BCUT2D eigenvalue weighted by atomic mass is 79.9. The van der Waals surface area contributed by atoms with Crippen LogP contribution >= 0.6 is 27.3 Å². The van der Waals surface area contributed by atoms with Crippen molar-refractivity contribution in [2.45, 2.75) is 39.0 Å². The van der Waals surface area contributed by atoms with E-state index in [0.29, 0.717) is 0 Å². The molecule has 0 spiro atoms. The number of aryl methyl sites for hydroxylation is 1. The fraction of sp³-hybridized carbons (Fsp3) is 0.400. The Morgan fingerprint density at radius 1 is 1.17 bits per heavy atom. The second kappa shape index (κ2) is 7.05. The van der Waals surface area contributed by atoms with E-state index >= 15 is 0 Å². The van der Waals surface area contributed by atoms with Crippen LogP contribution in [0.2, 0.25) is 0 Å². The van der Waals surface area contributed by atoms with Crippen LogP contribution in [-0.2, 0) is 6.42 Å². The minimum atomic E-state index is 1.06. The number of hydrogen-bond acceptors (Lipinski definition) is 2. The molecule has 2 aromatic rings. The first-order chi connectivity index (χ1) is 8.81. The molecule has 1 nitrogen and oxygen atoms in total. The third-order valence-corrected chi connectivity index (χ3v) is 4.72. The normalized spacial score (nSPS) is 10.8. The molecular weight excluding hydrogens is 306 g/mol. The molecule has 0 N–H and O–H groups in total. The molecule has 0 unspecified atom stereocenters. The van der Waals surface area contributed by atoms with Crippen molar-refractivity contribution in [2.75, 3.05) is 0 Å². The zero-order chi connectivity index (χ0) is 12.8. The third-order valence-electron chi connectivity index (χ3n) is 3.04. The number of rotatable bonds is 6. The predicted molar refractivity (Wildman–Crippen MR) is 83.1 cm³/mol. The topological polar surface area (TPSA) is 12.9 Å². The van der Waals surface area contributed by atoms with Crippen LogP contribution in [0.5, 0.6) is 0 Å². The average molecular weight is 324 g/mol. The van der Waals surface area contributed by atoms with Crippen molar-refractivity contribution in [2.24, 2.45) is 0 Å². The second-order valence-corrected chi connectivity index (χ2v) is 6.70. The van der Waals surface area contributed by atoms with Gasteiger partial charge in [-0.15, -0.1) is 11.3 Å². The molecule has 0 aliphatic carbocycles. The van der Waals surface area contributed by atoms with Gasteiger partial charge in [0.15, 0.2) is 0 Å². The van der Waals surface area contributed by atoms with E-state index in [2.05, 4.69) is 51.4 Å². The van der Waals surface area contributed by atoms with Crippen LogP contribution in [0.15, 0.2) is 33.6 Å². The Kier molecular flexibility index (Phi) is 5.39. The Morgan fingerprint density at radius 2 is 2.06 bits per heavy atom. The van der Waals surface area contributed by atoms with E-state index in [-0.39, 0.29) is 0 Å². The molecule has 18 heavy (non-hydrogen) atoms. The molecule has 0 aromatic carbocycles. The number of aromatic nitrogens is 1. The molecule has 2 rings (SSSR count). The van der Waals surface area contributed by atoms with Crippen molar-refractivity contribution in [3.8, 4) is 11.3 Å². The standard InChI is InChI=1S/C15H18BrNS/c1-2-3-4-5-6-12-7-8-14(17-11-12)13-9-10-18-15(13)16/h7-11H,2-6H2,1H3. The van der Waals surface area contributed by atoms with E-state index in [1.807, 2.05) is 6.20 Å². The summed E-state index contributed by atoms with van der Waals surface area (Å²) in [5.74, 6) is 0. The number of halogens is 1. The molecule has 2 heterocycles. The van der Waals surface area contributed by atoms with Crippen molar-refractivity contribution in [3.63, 3.8) is 0 Å². The van der Waals surface area contributed by atoms with Gasteiger partial charge in [-0.1, -0.05) is 32.3 Å². The van der Waals surface area contributed by atoms with Crippen LogP contribution in [0.25, 0.3) is 11.3 Å². The Labute approximate surface area is 121 Å². The zero-order valence-electron chi connectivity index (χ0n) is 10.7. The van der Waals surface area contributed by atoms with Gasteiger partial charge in [-0.3, -0.25) is 4.98 Å². The smallest absolute Gasteiger partial charge is 0.0792 e. The molecule has 0 atom stereocenters. The second-order valence-electron chi connectivity index (χ2n) is 4.47. The molecule has 0 fully saturated rings. The van der Waals surface area contributed by atoms with E-state index in [0.717, 1.165) is 15.9 Å². The Balaban J connectivity index is 1.96. The maximum atomic E-state index is 4.56. The van der Waals surface area contributed by atoms with E-state index in [1.165, 1.54) is 36.8 Å². The van der Waals surface area contributed by atoms with Gasteiger partial charge in [0, 0.05) is 11.8 Å². The van der Waals surface area contributed by atoms with Gasteiger partial charge in [-0.2, -0.15) is 0 Å². The summed E-state index contributed by atoms with van der Waals surface area (Å²) in [5.41, 5.74) is 3.60. The molecule has 0 aliphatic heterocycles. The minimum absolute atomic E-state index is 1.06. The lowest BCUT2D eigenvalue weighted by Crippen LogP contribution is -1.89. The van der Waals surface area contributed by atoms with E-state index < -0.39 is 0 Å². The Hall–Kier alpha value is -0.670. The van der Waals surface area contributed by atoms with Crippen molar-refractivity contribution in [1.29, 1.82) is 0 Å². The van der Waals surface area contributed by atoms with Crippen LogP contribution in [0, 0.1) is 0 Å². The van der Waals surface area contributed by atoms with Crippen molar-refractivity contribution in [3.05, 3.63) is 39.1 Å². The summed E-state index contributed by atoms with van der Waals surface area (Å²) >= 11 is 5.26. The van der Waals surface area contributed by atoms with E-state index in [1.54, 1.807) is 11.3 Å². The van der Waals surface area contributed by atoms with Crippen molar-refractivity contribution in [1.82, 2.24) is 4.98 Å². The highest BCUT2D eigenvalue weighted by molar-refractivity contribution is 9.11. The SMILES string of the molecule is CCCCCCc1ccc(-c2ccsc2Br)nc1. The van der Waals surface area contributed by atoms with E-state index in [4.69, 9.17) is 0 Å². The van der Waals surface area contributed by atoms with Crippen LogP contribution in [0.3, 0.4) is 0 Å². The van der Waals surface area contributed by atoms with Gasteiger partial charge >= 0.3 is 0 Å². The molecule has 3 heteroatoms. The van der Waals surface area contributed by atoms with Crippen LogP contribution in [-0.4, -0.2) is 4.98 Å². The summed E-state index contributed by atoms with van der Waals surface area (Å²) in [6.45, 7) is 2.25. The first kappa shape index (κ1) is 13.8. The van der Waals surface area contributed by atoms with Gasteiger partial charge in [-0.25, -0.2) is 0 Å². The number of thiophene rings is 1. The molecule has 0 saturated heterocycles. The number of hydrogen-bond donors (Lipinski definition) is 0. The zero-order valence-corrected chi connectivity index (χ0v) is 13.1. The molecule has 96 valence electrons. The fourth-order valence-electron chi connectivity index (χ4n) is 1.96. The maximum absolute atomic E-state index is 4.56. The van der Waals surface area contributed by atoms with Crippen LogP contribution < -0.4 is 0 Å². The van der Waals surface area contributed by atoms with Gasteiger partial charge in [0.2, 0.25) is 0 Å². The molecule has 2 aromatic heterocycles. The molecule has 0 bridgehead atoms. The molecule has 0 amide bonds. The van der Waals surface area contributed by atoms with Gasteiger partial charge in [-0.05, 0) is 51.8 Å². The summed E-state index contributed by atoms with van der Waals surface area (Å²) < 4.78 is 1.16. The number of nitrogens with zero attached hydrogens (tertiary/aromatic N) is 1. The predicted octanol–water partition coefficient (Wildman–Crippen LogP) is 5.70. The third kappa shape index (κ3) is 3.66. The van der Waals surface area contributed by atoms with Gasteiger partial charge in [0.05, 0.1) is 9.48 Å². The summed E-state index contributed by atoms with van der Waals surface area (Å²) in [5, 5.41) is 2.08. The summed E-state index contributed by atoms with van der Waals surface area (Å²) in [6, 6.07) is 6.44. The first-order valence-electron chi connectivity index (χ1n) is 6.49. The highest BCUT2D eigenvalue weighted by Gasteiger charge is 2.05. The highest BCUT2D eigenvalue weighted by Crippen LogP contribution is 2.31. The quantitative estimate of drug-likeness (QED) is 0.622. The molecule has 0 aliphatic rings. The number of unbranched alkanes of at least 4 members (excludes halogenated alkanes) is 3. The lowest BCUT2D eigenvalue weighted by molar-refractivity contribution is 0.666. The summed E-state index contributed by atoms with van der Waals surface area (Å²) in [4.78, 5) is 4.56. The molecule has 0 radical (unpaired) electrons. The number of pyridine rings is 1. The lowest BCUT2D eigenvalue weighted by atomic mass is 10.1. The fourth-order valence-corrected chi connectivity index (χ4v) is 3.25. The molecule has 0 saturated carbocycles. The average Bonchev–Trinajstić information content (AvgIpc) is 2.82. The van der Waals surface area contributed by atoms with Gasteiger partial charge in [0.1, 0.15) is 0 Å². The van der Waals surface area contributed by atoms with Gasteiger partial charge in [0.25, 0.3) is 0 Å².